The second-order valence-corrected chi connectivity index (χ2v) is 5.02. The summed E-state index contributed by atoms with van der Waals surface area (Å²) in [5.41, 5.74) is 0.651. The highest BCUT2D eigenvalue weighted by atomic mass is 16.6. The number of anilines is 1. The van der Waals surface area contributed by atoms with Gasteiger partial charge in [0.15, 0.2) is 0 Å². The minimum Gasteiger partial charge on any atom is -0.381 e. The third-order valence-electron chi connectivity index (χ3n) is 3.16. The zero-order valence-corrected chi connectivity index (χ0v) is 13.2. The molecule has 0 aliphatic heterocycles. The molecule has 0 saturated carbocycles. The van der Waals surface area contributed by atoms with Crippen molar-refractivity contribution in [3.8, 4) is 0 Å². The largest absolute Gasteiger partial charge is 0.381 e. The van der Waals surface area contributed by atoms with Crippen LogP contribution >= 0.6 is 0 Å². The van der Waals surface area contributed by atoms with E-state index in [-0.39, 0.29) is 10.6 Å². The van der Waals surface area contributed by atoms with Crippen LogP contribution in [0.2, 0.25) is 0 Å². The van der Waals surface area contributed by atoms with E-state index in [1.807, 2.05) is 6.92 Å². The van der Waals surface area contributed by atoms with Crippen molar-refractivity contribution in [1.82, 2.24) is 9.78 Å². The van der Waals surface area contributed by atoms with Crippen LogP contribution in [0.1, 0.15) is 45.2 Å². The summed E-state index contributed by atoms with van der Waals surface area (Å²) in [4.78, 5) is 10.9. The molecule has 0 bridgehead atoms. The highest BCUT2D eigenvalue weighted by Gasteiger charge is 2.25. The van der Waals surface area contributed by atoms with Gasteiger partial charge in [-0.1, -0.05) is 26.7 Å². The molecule has 21 heavy (non-hydrogen) atoms. The Morgan fingerprint density at radius 1 is 1.29 bits per heavy atom. The van der Waals surface area contributed by atoms with Crippen LogP contribution < -0.4 is 5.32 Å². The van der Waals surface area contributed by atoms with Crippen LogP contribution in [0.4, 0.5) is 11.5 Å². The van der Waals surface area contributed by atoms with E-state index in [4.69, 9.17) is 4.74 Å². The van der Waals surface area contributed by atoms with E-state index in [0.29, 0.717) is 31.1 Å². The first-order valence-electron chi connectivity index (χ1n) is 7.63. The van der Waals surface area contributed by atoms with Crippen molar-refractivity contribution in [1.29, 1.82) is 0 Å². The molecule has 0 saturated heterocycles. The van der Waals surface area contributed by atoms with E-state index < -0.39 is 0 Å². The lowest BCUT2D eigenvalue weighted by atomic mass is 10.2. The van der Waals surface area contributed by atoms with Gasteiger partial charge in [0.2, 0.25) is 5.82 Å². The maximum absolute atomic E-state index is 11.2. The molecule has 1 rings (SSSR count). The van der Waals surface area contributed by atoms with Gasteiger partial charge in [0.25, 0.3) is 0 Å². The number of nitro groups is 1. The predicted octanol–water partition coefficient (Wildman–Crippen LogP) is 2.90. The fourth-order valence-corrected chi connectivity index (χ4v) is 2.09. The molecule has 1 aromatic heterocycles. The molecule has 0 spiro atoms. The molecule has 1 heterocycles. The minimum atomic E-state index is -0.349. The first kappa shape index (κ1) is 17.4. The van der Waals surface area contributed by atoms with Crippen LogP contribution in [0.15, 0.2) is 0 Å². The van der Waals surface area contributed by atoms with Gasteiger partial charge in [0, 0.05) is 26.8 Å². The van der Waals surface area contributed by atoms with Crippen LogP contribution in [-0.2, 0) is 18.2 Å². The predicted molar refractivity (Wildman–Crippen MR) is 82.7 cm³/mol. The Bertz CT molecular complexity index is 446. The fourth-order valence-electron chi connectivity index (χ4n) is 2.09. The molecule has 0 aliphatic carbocycles. The smallest absolute Gasteiger partial charge is 0.333 e. The van der Waals surface area contributed by atoms with Crippen molar-refractivity contribution in [2.45, 2.75) is 46.0 Å². The van der Waals surface area contributed by atoms with Crippen LogP contribution in [0.5, 0.6) is 0 Å². The Labute approximate surface area is 125 Å². The van der Waals surface area contributed by atoms with Crippen molar-refractivity contribution in [2.24, 2.45) is 7.05 Å². The van der Waals surface area contributed by atoms with Crippen molar-refractivity contribution >= 4 is 11.5 Å². The van der Waals surface area contributed by atoms with Gasteiger partial charge < -0.3 is 10.1 Å². The number of hydrogen-bond donors (Lipinski definition) is 1. The normalized spacial score (nSPS) is 10.8. The molecule has 0 radical (unpaired) electrons. The molecular weight excluding hydrogens is 272 g/mol. The lowest BCUT2D eigenvalue weighted by Crippen LogP contribution is -2.10. The highest BCUT2D eigenvalue weighted by Crippen LogP contribution is 2.28. The first-order valence-corrected chi connectivity index (χ1v) is 7.63. The fraction of sp³-hybridized carbons (Fsp3) is 0.786. The number of hydrogen-bond acceptors (Lipinski definition) is 5. The van der Waals surface area contributed by atoms with E-state index in [2.05, 4.69) is 17.3 Å². The van der Waals surface area contributed by atoms with Gasteiger partial charge >= 0.3 is 5.69 Å². The summed E-state index contributed by atoms with van der Waals surface area (Å²) < 4.78 is 7.02. The number of aromatic nitrogens is 2. The zero-order chi connectivity index (χ0) is 15.7. The Balaban J connectivity index is 2.52. The van der Waals surface area contributed by atoms with E-state index in [1.54, 1.807) is 11.7 Å². The molecule has 7 nitrogen and oxygen atoms in total. The standard InChI is InChI=1S/C14H26N4O3/c1-4-6-10-21-11-7-9-15-14-13(18(19)20)12(8-5-2)16-17(14)3/h15H,4-11H2,1-3H3. The van der Waals surface area contributed by atoms with Crippen LogP contribution in [0, 0.1) is 10.1 Å². The number of aryl methyl sites for hydroxylation is 2. The maximum atomic E-state index is 11.2. The van der Waals surface area contributed by atoms with Crippen molar-refractivity contribution in [3.05, 3.63) is 15.8 Å². The van der Waals surface area contributed by atoms with Crippen molar-refractivity contribution in [3.63, 3.8) is 0 Å². The highest BCUT2D eigenvalue weighted by molar-refractivity contribution is 5.59. The monoisotopic (exact) mass is 298 g/mol. The third-order valence-corrected chi connectivity index (χ3v) is 3.16. The Morgan fingerprint density at radius 3 is 2.62 bits per heavy atom. The Kier molecular flexibility index (Phi) is 7.74. The molecular formula is C14H26N4O3. The number of nitrogens with one attached hydrogen (secondary N) is 1. The van der Waals surface area contributed by atoms with E-state index in [9.17, 15) is 10.1 Å². The lowest BCUT2D eigenvalue weighted by molar-refractivity contribution is -0.384. The summed E-state index contributed by atoms with van der Waals surface area (Å²) in [6.45, 7) is 6.20. The van der Waals surface area contributed by atoms with E-state index in [1.165, 1.54) is 0 Å². The number of unbranched alkanes of at least 4 members (excludes halogenated alkanes) is 1. The molecule has 0 aliphatic rings. The van der Waals surface area contributed by atoms with Gasteiger partial charge in [-0.3, -0.25) is 10.1 Å². The lowest BCUT2D eigenvalue weighted by Gasteiger charge is -2.06. The molecule has 0 atom stereocenters. The molecule has 0 unspecified atom stereocenters. The van der Waals surface area contributed by atoms with Crippen molar-refractivity contribution in [2.75, 3.05) is 25.1 Å². The molecule has 7 heteroatoms. The molecule has 1 aromatic rings. The molecule has 120 valence electrons. The Hall–Kier alpha value is -1.63. The van der Waals surface area contributed by atoms with Gasteiger partial charge in [0.1, 0.15) is 5.69 Å². The first-order chi connectivity index (χ1) is 10.1. The molecule has 0 fully saturated rings. The summed E-state index contributed by atoms with van der Waals surface area (Å²) in [5.74, 6) is 0.483. The quantitative estimate of drug-likeness (QED) is 0.386. The van der Waals surface area contributed by atoms with Crippen LogP contribution in [-0.4, -0.2) is 34.5 Å². The average molecular weight is 298 g/mol. The summed E-state index contributed by atoms with van der Waals surface area (Å²) in [7, 11) is 1.73. The van der Waals surface area contributed by atoms with Gasteiger partial charge in [0.05, 0.1) is 4.92 Å². The van der Waals surface area contributed by atoms with Crippen molar-refractivity contribution < 1.29 is 9.66 Å². The Morgan fingerprint density at radius 2 is 2.00 bits per heavy atom. The van der Waals surface area contributed by atoms with Crippen LogP contribution in [0.3, 0.4) is 0 Å². The molecule has 0 aromatic carbocycles. The van der Waals surface area contributed by atoms with E-state index >= 15 is 0 Å². The third kappa shape index (κ3) is 5.34. The summed E-state index contributed by atoms with van der Waals surface area (Å²) in [6, 6.07) is 0. The van der Waals surface area contributed by atoms with Gasteiger partial charge in [-0.15, -0.1) is 0 Å². The number of nitrogens with zero attached hydrogens (tertiary/aromatic N) is 3. The number of ether oxygens (including phenoxy) is 1. The average Bonchev–Trinajstić information content (AvgIpc) is 2.74. The second-order valence-electron chi connectivity index (χ2n) is 5.02. The van der Waals surface area contributed by atoms with Crippen LogP contribution in [0.25, 0.3) is 0 Å². The number of rotatable bonds is 11. The minimum absolute atomic E-state index is 0.103. The van der Waals surface area contributed by atoms with Gasteiger partial charge in [-0.05, 0) is 19.3 Å². The van der Waals surface area contributed by atoms with Gasteiger partial charge in [-0.25, -0.2) is 4.68 Å². The summed E-state index contributed by atoms with van der Waals surface area (Å²) in [5, 5.41) is 18.6. The summed E-state index contributed by atoms with van der Waals surface area (Å²) in [6.07, 6.45) is 4.46. The topological polar surface area (TPSA) is 82.2 Å². The molecule has 0 amide bonds. The van der Waals surface area contributed by atoms with E-state index in [0.717, 1.165) is 32.3 Å². The maximum Gasteiger partial charge on any atom is 0.333 e. The zero-order valence-electron chi connectivity index (χ0n) is 13.2. The SMILES string of the molecule is CCCCOCCCNc1c([N+](=O)[O-])c(CCC)nn1C. The summed E-state index contributed by atoms with van der Waals surface area (Å²) >= 11 is 0. The van der Waals surface area contributed by atoms with Gasteiger partial charge in [-0.2, -0.15) is 5.10 Å². The second kappa shape index (κ2) is 9.33. The molecule has 1 N–H and O–H groups in total.